The third-order valence-corrected chi connectivity index (χ3v) is 4.76. The van der Waals surface area contributed by atoms with Crippen molar-refractivity contribution < 1.29 is 18.8 Å². The minimum atomic E-state index is -0.697. The van der Waals surface area contributed by atoms with E-state index in [1.54, 1.807) is 0 Å². The van der Waals surface area contributed by atoms with Crippen molar-refractivity contribution in [2.45, 2.75) is 50.5 Å². The third kappa shape index (κ3) is 6.27. The van der Waals surface area contributed by atoms with Gasteiger partial charge in [-0.05, 0) is 52.0 Å². The van der Waals surface area contributed by atoms with E-state index in [2.05, 4.69) is 17.9 Å². The van der Waals surface area contributed by atoms with Crippen molar-refractivity contribution in [3.63, 3.8) is 0 Å². The first kappa shape index (κ1) is 21.3. The molecule has 0 unspecified atom stereocenters. The Labute approximate surface area is 163 Å². The molecule has 1 fully saturated rings. The highest BCUT2D eigenvalue weighted by Gasteiger charge is 2.26. The molecule has 0 aliphatic carbocycles. The predicted octanol–water partition coefficient (Wildman–Crippen LogP) is 4.15. The molecule has 0 bridgehead atoms. The number of hydrogen-bond donors (Lipinski definition) is 2. The van der Waals surface area contributed by atoms with Gasteiger partial charge in [0.15, 0.2) is 0 Å². The molecule has 0 spiro atoms. The van der Waals surface area contributed by atoms with Crippen LogP contribution in [0.5, 0.6) is 0 Å². The molecule has 7 nitrogen and oxygen atoms in total. The van der Waals surface area contributed by atoms with Crippen LogP contribution in [0.1, 0.15) is 40.0 Å². The third-order valence-electron chi connectivity index (χ3n) is 4.42. The first-order valence-corrected chi connectivity index (χ1v) is 9.40. The van der Waals surface area contributed by atoms with Gasteiger partial charge in [0.25, 0.3) is 5.69 Å². The van der Waals surface area contributed by atoms with Crippen molar-refractivity contribution in [2.75, 3.05) is 24.5 Å². The first-order valence-electron chi connectivity index (χ1n) is 8.95. The normalized spacial score (nSPS) is 15.5. The van der Waals surface area contributed by atoms with Crippen LogP contribution in [0, 0.1) is 21.8 Å². The smallest absolute Gasteiger partial charge is 0.407 e. The number of carbonyl (C=O) groups excluding carboxylic acids is 1. The minimum Gasteiger partial charge on any atom is -0.444 e. The van der Waals surface area contributed by atoms with Crippen molar-refractivity contribution in [1.82, 2.24) is 5.32 Å². The Morgan fingerprint density at radius 1 is 1.41 bits per heavy atom. The van der Waals surface area contributed by atoms with Crippen LogP contribution in [-0.2, 0) is 4.74 Å². The number of thiol groups is 1. The second-order valence-electron chi connectivity index (χ2n) is 7.70. The summed E-state index contributed by atoms with van der Waals surface area (Å²) in [5.41, 5.74) is -0.363. The number of alkyl carbamates (subject to hydrolysis) is 1. The fraction of sp³-hybridized carbons (Fsp3) is 0.611. The number of hydrogen-bond acceptors (Lipinski definition) is 6. The molecule has 1 amide bonds. The van der Waals surface area contributed by atoms with E-state index in [1.165, 1.54) is 6.07 Å². The number of nitrogens with zero attached hydrogens (tertiary/aromatic N) is 2. The van der Waals surface area contributed by atoms with Gasteiger partial charge in [-0.15, -0.1) is 12.6 Å². The number of amides is 1. The van der Waals surface area contributed by atoms with Gasteiger partial charge in [-0.2, -0.15) is 0 Å². The first-order chi connectivity index (χ1) is 12.6. The summed E-state index contributed by atoms with van der Waals surface area (Å²) in [4.78, 5) is 24.3. The molecule has 9 heteroatoms. The Balaban J connectivity index is 1.86. The predicted molar refractivity (Wildman–Crippen MR) is 104 cm³/mol. The largest absolute Gasteiger partial charge is 0.444 e. The van der Waals surface area contributed by atoms with Crippen LogP contribution >= 0.6 is 12.6 Å². The topological polar surface area (TPSA) is 84.7 Å². The highest BCUT2D eigenvalue weighted by Crippen LogP contribution is 2.35. The Morgan fingerprint density at radius 3 is 2.59 bits per heavy atom. The Hall–Kier alpha value is -2.03. The second kappa shape index (κ2) is 8.77. The van der Waals surface area contributed by atoms with E-state index in [9.17, 15) is 19.3 Å². The summed E-state index contributed by atoms with van der Waals surface area (Å²) in [5.74, 6) is -0.289. The summed E-state index contributed by atoms with van der Waals surface area (Å²) in [5, 5.41) is 14.0. The number of piperidine rings is 1. The van der Waals surface area contributed by atoms with Gasteiger partial charge in [-0.1, -0.05) is 0 Å². The zero-order chi connectivity index (χ0) is 20.2. The van der Waals surface area contributed by atoms with Gasteiger partial charge < -0.3 is 15.0 Å². The maximum atomic E-state index is 13.6. The van der Waals surface area contributed by atoms with Crippen LogP contribution in [0.15, 0.2) is 17.0 Å². The summed E-state index contributed by atoms with van der Waals surface area (Å²) in [6.07, 6.45) is 2.07. The lowest BCUT2D eigenvalue weighted by molar-refractivity contribution is -0.384. The standard InChI is InChI=1S/C18H26FN3O4S/c1-18(2,3)26-17(23)20-7-4-12-5-8-21(9-6-12)14-11-16(27)13(19)10-15(14)22(24)25/h10-12,27H,4-9H2,1-3H3,(H,20,23). The molecule has 27 heavy (non-hydrogen) atoms. The fourth-order valence-corrected chi connectivity index (χ4v) is 3.28. The van der Waals surface area contributed by atoms with Gasteiger partial charge in [0.1, 0.15) is 17.1 Å². The number of ether oxygens (including phenoxy) is 1. The van der Waals surface area contributed by atoms with Crippen molar-refractivity contribution >= 4 is 30.1 Å². The van der Waals surface area contributed by atoms with E-state index in [4.69, 9.17) is 4.74 Å². The molecule has 1 aliphatic heterocycles. The summed E-state index contributed by atoms with van der Waals surface area (Å²) in [6.45, 7) is 7.23. The molecule has 0 saturated carbocycles. The molecule has 0 atom stereocenters. The highest BCUT2D eigenvalue weighted by atomic mass is 32.1. The van der Waals surface area contributed by atoms with E-state index in [-0.39, 0.29) is 10.6 Å². The van der Waals surface area contributed by atoms with Crippen molar-refractivity contribution in [1.29, 1.82) is 0 Å². The number of nitro groups is 1. The van der Waals surface area contributed by atoms with Crippen molar-refractivity contribution in [3.05, 3.63) is 28.1 Å². The van der Waals surface area contributed by atoms with E-state index in [0.29, 0.717) is 31.2 Å². The molecule has 150 valence electrons. The van der Waals surface area contributed by atoms with Crippen LogP contribution in [-0.4, -0.2) is 36.3 Å². The maximum absolute atomic E-state index is 13.6. The maximum Gasteiger partial charge on any atom is 0.407 e. The molecular weight excluding hydrogens is 373 g/mol. The lowest BCUT2D eigenvalue weighted by Gasteiger charge is -2.33. The molecular formula is C18H26FN3O4S. The van der Waals surface area contributed by atoms with Crippen LogP contribution in [0.2, 0.25) is 0 Å². The average molecular weight is 399 g/mol. The van der Waals surface area contributed by atoms with Gasteiger partial charge in [-0.3, -0.25) is 10.1 Å². The number of benzene rings is 1. The Kier molecular flexibility index (Phi) is 6.91. The summed E-state index contributed by atoms with van der Waals surface area (Å²) in [6, 6.07) is 2.34. The molecule has 2 rings (SSSR count). The van der Waals surface area contributed by atoms with Crippen LogP contribution in [0.4, 0.5) is 20.6 Å². The number of nitrogens with one attached hydrogen (secondary N) is 1. The van der Waals surface area contributed by atoms with Gasteiger partial charge in [0, 0.05) is 24.5 Å². The molecule has 1 heterocycles. The van der Waals surface area contributed by atoms with E-state index >= 15 is 0 Å². The molecule has 1 N–H and O–H groups in total. The summed E-state index contributed by atoms with van der Waals surface area (Å²) >= 11 is 4.04. The summed E-state index contributed by atoms with van der Waals surface area (Å²) < 4.78 is 18.8. The Bertz CT molecular complexity index is 701. The number of halogens is 1. The molecule has 1 aliphatic rings. The average Bonchev–Trinajstić information content (AvgIpc) is 2.56. The van der Waals surface area contributed by atoms with Gasteiger partial charge in [0.2, 0.25) is 0 Å². The minimum absolute atomic E-state index is 0.0966. The van der Waals surface area contributed by atoms with Crippen LogP contribution < -0.4 is 10.2 Å². The zero-order valence-electron chi connectivity index (χ0n) is 15.8. The van der Waals surface area contributed by atoms with Gasteiger partial charge >= 0.3 is 6.09 Å². The van der Waals surface area contributed by atoms with E-state index in [0.717, 1.165) is 25.3 Å². The van der Waals surface area contributed by atoms with E-state index < -0.39 is 22.4 Å². The zero-order valence-corrected chi connectivity index (χ0v) is 16.7. The lowest BCUT2D eigenvalue weighted by atomic mass is 9.93. The molecule has 1 aromatic rings. The number of nitro benzene ring substituents is 1. The second-order valence-corrected chi connectivity index (χ2v) is 8.18. The van der Waals surface area contributed by atoms with Crippen LogP contribution in [0.25, 0.3) is 0 Å². The molecule has 1 aromatic carbocycles. The van der Waals surface area contributed by atoms with Crippen molar-refractivity contribution in [2.24, 2.45) is 5.92 Å². The molecule has 1 saturated heterocycles. The van der Waals surface area contributed by atoms with Crippen molar-refractivity contribution in [3.8, 4) is 0 Å². The van der Waals surface area contributed by atoms with E-state index in [1.807, 2.05) is 25.7 Å². The lowest BCUT2D eigenvalue weighted by Crippen LogP contribution is -2.36. The SMILES string of the molecule is CC(C)(C)OC(=O)NCCC1CCN(c2cc(S)c(F)cc2[N+](=O)[O-])CC1. The quantitative estimate of drug-likeness (QED) is 0.441. The number of rotatable bonds is 5. The number of anilines is 1. The summed E-state index contributed by atoms with van der Waals surface area (Å²) in [7, 11) is 0. The van der Waals surface area contributed by atoms with Gasteiger partial charge in [0.05, 0.1) is 11.0 Å². The highest BCUT2D eigenvalue weighted by molar-refractivity contribution is 7.80. The monoisotopic (exact) mass is 399 g/mol. The number of carbonyl (C=O) groups is 1. The molecule has 0 aromatic heterocycles. The fourth-order valence-electron chi connectivity index (χ4n) is 3.09. The Morgan fingerprint density at radius 2 is 2.04 bits per heavy atom. The molecule has 0 radical (unpaired) electrons. The van der Waals surface area contributed by atoms with Gasteiger partial charge in [-0.25, -0.2) is 9.18 Å². The van der Waals surface area contributed by atoms with Crippen LogP contribution in [0.3, 0.4) is 0 Å².